The van der Waals surface area contributed by atoms with Crippen molar-refractivity contribution >= 4 is 17.3 Å². The number of rotatable bonds is 3. The van der Waals surface area contributed by atoms with Gasteiger partial charge in [-0.1, -0.05) is 11.6 Å². The summed E-state index contributed by atoms with van der Waals surface area (Å²) in [6, 6.07) is 8.78. The van der Waals surface area contributed by atoms with Gasteiger partial charge in [-0.2, -0.15) is 5.26 Å². The number of halogens is 1. The zero-order valence-corrected chi connectivity index (χ0v) is 10.2. The summed E-state index contributed by atoms with van der Waals surface area (Å²) in [7, 11) is 0. The number of nitro benzene ring substituents is 1. The van der Waals surface area contributed by atoms with Crippen molar-refractivity contribution < 1.29 is 9.66 Å². The molecule has 0 saturated carbocycles. The van der Waals surface area contributed by atoms with Gasteiger partial charge in [-0.25, -0.2) is 4.98 Å². The zero-order chi connectivity index (χ0) is 13.8. The number of nitro groups is 1. The van der Waals surface area contributed by atoms with Crippen molar-refractivity contribution in [2.75, 3.05) is 0 Å². The van der Waals surface area contributed by atoms with E-state index < -0.39 is 4.92 Å². The summed E-state index contributed by atoms with van der Waals surface area (Å²) in [4.78, 5) is 14.0. The molecule has 0 atom stereocenters. The van der Waals surface area contributed by atoms with E-state index in [-0.39, 0.29) is 22.3 Å². The minimum atomic E-state index is -0.546. The topological polar surface area (TPSA) is 89.0 Å². The van der Waals surface area contributed by atoms with Gasteiger partial charge in [0.25, 0.3) is 5.69 Å². The number of hydrogen-bond donors (Lipinski definition) is 0. The van der Waals surface area contributed by atoms with E-state index in [4.69, 9.17) is 21.6 Å². The van der Waals surface area contributed by atoms with Crippen molar-refractivity contribution in [1.82, 2.24) is 4.98 Å². The molecule has 94 valence electrons. The normalized spacial score (nSPS) is 9.68. The third-order valence-corrected chi connectivity index (χ3v) is 2.52. The summed E-state index contributed by atoms with van der Waals surface area (Å²) in [5, 5.41) is 19.5. The first kappa shape index (κ1) is 12.8. The Labute approximate surface area is 113 Å². The van der Waals surface area contributed by atoms with Crippen LogP contribution in [0, 0.1) is 21.4 Å². The van der Waals surface area contributed by atoms with Gasteiger partial charge in [0, 0.05) is 18.3 Å². The van der Waals surface area contributed by atoms with Crippen molar-refractivity contribution in [3.05, 3.63) is 57.2 Å². The zero-order valence-electron chi connectivity index (χ0n) is 9.41. The van der Waals surface area contributed by atoms with Crippen LogP contribution < -0.4 is 4.74 Å². The van der Waals surface area contributed by atoms with E-state index in [1.165, 1.54) is 36.5 Å². The van der Waals surface area contributed by atoms with Gasteiger partial charge in [0.1, 0.15) is 6.07 Å². The van der Waals surface area contributed by atoms with Crippen molar-refractivity contribution in [3.8, 4) is 17.7 Å². The summed E-state index contributed by atoms with van der Waals surface area (Å²) in [6.07, 6.45) is 1.33. The first-order valence-electron chi connectivity index (χ1n) is 5.08. The maximum atomic E-state index is 10.7. The van der Waals surface area contributed by atoms with Gasteiger partial charge in [-0.3, -0.25) is 10.1 Å². The number of benzene rings is 1. The highest BCUT2D eigenvalue weighted by molar-refractivity contribution is 6.32. The molecule has 1 aromatic heterocycles. The quantitative estimate of drug-likeness (QED) is 0.633. The largest absolute Gasteiger partial charge is 0.437 e. The van der Waals surface area contributed by atoms with Crippen LogP contribution in [0.25, 0.3) is 0 Å². The lowest BCUT2D eigenvalue weighted by Gasteiger charge is -2.06. The number of aromatic nitrogens is 1. The van der Waals surface area contributed by atoms with Crippen LogP contribution in [-0.4, -0.2) is 9.91 Å². The van der Waals surface area contributed by atoms with Crippen LogP contribution in [0.4, 0.5) is 5.69 Å². The molecule has 2 aromatic rings. The fraction of sp³-hybridized carbons (Fsp3) is 0. The summed E-state index contributed by atoms with van der Waals surface area (Å²) in [6.45, 7) is 0. The Hall–Kier alpha value is -2.65. The first-order valence-corrected chi connectivity index (χ1v) is 5.46. The van der Waals surface area contributed by atoms with Gasteiger partial charge in [-0.15, -0.1) is 0 Å². The standard InChI is InChI=1S/C12H6ClN3O3/c13-10-3-2-9(16(17)18)5-11(10)19-12-4-1-8(6-14)7-15-12/h1-5,7H. The predicted molar refractivity (Wildman–Crippen MR) is 67.1 cm³/mol. The Morgan fingerprint density at radius 1 is 1.37 bits per heavy atom. The molecule has 0 bridgehead atoms. The Kier molecular flexibility index (Phi) is 3.59. The van der Waals surface area contributed by atoms with Crippen LogP contribution in [0.2, 0.25) is 5.02 Å². The number of ether oxygens (including phenoxy) is 1. The van der Waals surface area contributed by atoms with E-state index in [1.807, 2.05) is 6.07 Å². The fourth-order valence-corrected chi connectivity index (χ4v) is 1.46. The van der Waals surface area contributed by atoms with Gasteiger partial charge in [0.05, 0.1) is 21.6 Å². The van der Waals surface area contributed by atoms with E-state index in [1.54, 1.807) is 0 Å². The number of nitrogens with zero attached hydrogens (tertiary/aromatic N) is 3. The Balaban J connectivity index is 2.29. The maximum Gasteiger partial charge on any atom is 0.273 e. The second-order valence-electron chi connectivity index (χ2n) is 3.47. The molecule has 0 fully saturated rings. The van der Waals surface area contributed by atoms with Crippen LogP contribution in [0.15, 0.2) is 36.5 Å². The molecule has 0 aliphatic rings. The Morgan fingerprint density at radius 2 is 2.16 bits per heavy atom. The molecule has 0 aliphatic carbocycles. The summed E-state index contributed by atoms with van der Waals surface area (Å²) in [5.41, 5.74) is 0.255. The molecule has 0 saturated heterocycles. The Bertz CT molecular complexity index is 665. The third kappa shape index (κ3) is 2.97. The van der Waals surface area contributed by atoms with E-state index in [9.17, 15) is 10.1 Å². The van der Waals surface area contributed by atoms with Crippen molar-refractivity contribution in [2.45, 2.75) is 0 Å². The predicted octanol–water partition coefficient (Wildman–Crippen LogP) is 3.31. The van der Waals surface area contributed by atoms with Crippen molar-refractivity contribution in [1.29, 1.82) is 5.26 Å². The highest BCUT2D eigenvalue weighted by atomic mass is 35.5. The molecule has 0 spiro atoms. The van der Waals surface area contributed by atoms with Crippen LogP contribution in [0.3, 0.4) is 0 Å². The molecule has 0 unspecified atom stereocenters. The third-order valence-electron chi connectivity index (χ3n) is 2.21. The molecular formula is C12H6ClN3O3. The monoisotopic (exact) mass is 275 g/mol. The molecule has 7 heteroatoms. The molecule has 1 heterocycles. The smallest absolute Gasteiger partial charge is 0.273 e. The second kappa shape index (κ2) is 5.33. The van der Waals surface area contributed by atoms with Crippen LogP contribution in [0.1, 0.15) is 5.56 Å². The molecule has 2 rings (SSSR count). The number of non-ortho nitro benzene ring substituents is 1. The minimum Gasteiger partial charge on any atom is -0.437 e. The Morgan fingerprint density at radius 3 is 2.74 bits per heavy atom. The summed E-state index contributed by atoms with van der Waals surface area (Å²) < 4.78 is 5.34. The highest BCUT2D eigenvalue weighted by Gasteiger charge is 2.11. The summed E-state index contributed by atoms with van der Waals surface area (Å²) >= 11 is 5.88. The lowest BCUT2D eigenvalue weighted by Crippen LogP contribution is -1.92. The molecule has 1 aromatic carbocycles. The molecule has 0 aliphatic heterocycles. The van der Waals surface area contributed by atoms with Gasteiger partial charge in [-0.05, 0) is 12.1 Å². The lowest BCUT2D eigenvalue weighted by atomic mass is 10.3. The average Bonchev–Trinajstić information content (AvgIpc) is 2.42. The second-order valence-corrected chi connectivity index (χ2v) is 3.88. The molecule has 19 heavy (non-hydrogen) atoms. The molecule has 0 amide bonds. The van der Waals surface area contributed by atoms with Crippen LogP contribution in [0.5, 0.6) is 11.6 Å². The van der Waals surface area contributed by atoms with Gasteiger partial charge in [0.2, 0.25) is 5.88 Å². The minimum absolute atomic E-state index is 0.131. The van der Waals surface area contributed by atoms with E-state index in [2.05, 4.69) is 4.98 Å². The number of hydrogen-bond acceptors (Lipinski definition) is 5. The first-order chi connectivity index (χ1) is 9.10. The molecule has 6 nitrogen and oxygen atoms in total. The van der Waals surface area contributed by atoms with Crippen LogP contribution >= 0.6 is 11.6 Å². The van der Waals surface area contributed by atoms with Gasteiger partial charge in [0.15, 0.2) is 5.75 Å². The van der Waals surface area contributed by atoms with Gasteiger partial charge < -0.3 is 4.74 Å². The number of pyridine rings is 1. The van der Waals surface area contributed by atoms with Crippen molar-refractivity contribution in [2.24, 2.45) is 0 Å². The average molecular weight is 276 g/mol. The number of nitriles is 1. The van der Waals surface area contributed by atoms with Crippen molar-refractivity contribution in [3.63, 3.8) is 0 Å². The van der Waals surface area contributed by atoms with E-state index >= 15 is 0 Å². The van der Waals surface area contributed by atoms with Gasteiger partial charge >= 0.3 is 0 Å². The molecule has 0 radical (unpaired) electrons. The molecule has 0 N–H and O–H groups in total. The van der Waals surface area contributed by atoms with E-state index in [0.29, 0.717) is 5.56 Å². The van der Waals surface area contributed by atoms with E-state index in [0.717, 1.165) is 0 Å². The SMILES string of the molecule is N#Cc1ccc(Oc2cc([N+](=O)[O-])ccc2Cl)nc1. The molecular weight excluding hydrogens is 270 g/mol. The fourth-order valence-electron chi connectivity index (χ4n) is 1.30. The summed E-state index contributed by atoms with van der Waals surface area (Å²) in [5.74, 6) is 0.328. The van der Waals surface area contributed by atoms with Crippen LogP contribution in [-0.2, 0) is 0 Å². The lowest BCUT2D eigenvalue weighted by molar-refractivity contribution is -0.384. The highest BCUT2D eigenvalue weighted by Crippen LogP contribution is 2.31. The maximum absolute atomic E-state index is 10.7.